The summed E-state index contributed by atoms with van der Waals surface area (Å²) >= 11 is 0. The van der Waals surface area contributed by atoms with Crippen molar-refractivity contribution in [1.29, 1.82) is 0 Å². The van der Waals surface area contributed by atoms with Crippen molar-refractivity contribution < 1.29 is 9.47 Å². The molecule has 1 atom stereocenters. The molecule has 1 unspecified atom stereocenters. The lowest BCUT2D eigenvalue weighted by atomic mass is 9.96. The van der Waals surface area contributed by atoms with Gasteiger partial charge in [-0.05, 0) is 36.6 Å². The van der Waals surface area contributed by atoms with Crippen molar-refractivity contribution in [3.05, 3.63) is 23.8 Å². The molecule has 0 fully saturated rings. The van der Waals surface area contributed by atoms with E-state index in [-0.39, 0.29) is 0 Å². The predicted molar refractivity (Wildman–Crippen MR) is 54.7 cm³/mol. The van der Waals surface area contributed by atoms with Crippen LogP contribution in [0, 0.1) is 0 Å². The fourth-order valence-corrected chi connectivity index (χ4v) is 1.71. The molecule has 0 aromatic heterocycles. The zero-order valence-corrected chi connectivity index (χ0v) is 8.32. The Bertz CT molecular complexity index is 321. The second-order valence-corrected chi connectivity index (χ2v) is 3.45. The highest BCUT2D eigenvalue weighted by Crippen LogP contribution is 2.34. The van der Waals surface area contributed by atoms with Crippen molar-refractivity contribution in [3.8, 4) is 11.5 Å². The number of rotatable bonds is 3. The Labute approximate surface area is 83.8 Å². The molecule has 0 spiro atoms. The Kier molecular flexibility index (Phi) is 2.59. The summed E-state index contributed by atoms with van der Waals surface area (Å²) in [5.41, 5.74) is 6.92. The smallest absolute Gasteiger partial charge is 0.231 e. The van der Waals surface area contributed by atoms with Gasteiger partial charge in [-0.1, -0.05) is 13.0 Å². The van der Waals surface area contributed by atoms with E-state index in [9.17, 15) is 0 Å². The van der Waals surface area contributed by atoms with E-state index in [1.165, 1.54) is 5.56 Å². The molecule has 0 amide bonds. The van der Waals surface area contributed by atoms with Crippen molar-refractivity contribution in [1.82, 2.24) is 0 Å². The van der Waals surface area contributed by atoms with Crippen molar-refractivity contribution in [2.45, 2.75) is 19.3 Å². The van der Waals surface area contributed by atoms with Gasteiger partial charge in [0.15, 0.2) is 11.5 Å². The van der Waals surface area contributed by atoms with Crippen LogP contribution in [0.2, 0.25) is 0 Å². The summed E-state index contributed by atoms with van der Waals surface area (Å²) in [7, 11) is 0. The lowest BCUT2D eigenvalue weighted by Gasteiger charge is -2.12. The lowest BCUT2D eigenvalue weighted by molar-refractivity contribution is 0.174. The fourth-order valence-electron chi connectivity index (χ4n) is 1.71. The first kappa shape index (κ1) is 9.34. The first-order chi connectivity index (χ1) is 6.85. The SMILES string of the molecule is CCC(CN)c1ccc2c(c1)OCO2. The molecule has 3 heteroatoms. The third-order valence-electron chi connectivity index (χ3n) is 2.65. The largest absolute Gasteiger partial charge is 0.454 e. The van der Waals surface area contributed by atoms with Gasteiger partial charge >= 0.3 is 0 Å². The highest BCUT2D eigenvalue weighted by atomic mass is 16.7. The normalized spacial score (nSPS) is 15.6. The second-order valence-electron chi connectivity index (χ2n) is 3.45. The molecule has 0 radical (unpaired) electrons. The van der Waals surface area contributed by atoms with Gasteiger partial charge in [0.25, 0.3) is 0 Å². The zero-order valence-electron chi connectivity index (χ0n) is 8.32. The molecule has 1 aliphatic rings. The van der Waals surface area contributed by atoms with E-state index in [0.29, 0.717) is 19.3 Å². The summed E-state index contributed by atoms with van der Waals surface area (Å²) in [6.07, 6.45) is 1.05. The van der Waals surface area contributed by atoms with Crippen molar-refractivity contribution >= 4 is 0 Å². The zero-order chi connectivity index (χ0) is 9.97. The molecule has 1 aromatic rings. The van der Waals surface area contributed by atoms with E-state index in [2.05, 4.69) is 13.0 Å². The van der Waals surface area contributed by atoms with Crippen LogP contribution in [0.25, 0.3) is 0 Å². The van der Waals surface area contributed by atoms with Gasteiger partial charge in [0.2, 0.25) is 6.79 Å². The van der Waals surface area contributed by atoms with Gasteiger partial charge in [-0.15, -0.1) is 0 Å². The minimum atomic E-state index is 0.332. The van der Waals surface area contributed by atoms with Crippen LogP contribution in [0.1, 0.15) is 24.8 Å². The topological polar surface area (TPSA) is 44.5 Å². The van der Waals surface area contributed by atoms with Crippen LogP contribution in [0.4, 0.5) is 0 Å². The minimum Gasteiger partial charge on any atom is -0.454 e. The standard InChI is InChI=1S/C11H15NO2/c1-2-8(6-12)9-3-4-10-11(5-9)14-7-13-10/h3-5,8H,2,6-7,12H2,1H3. The number of hydrogen-bond donors (Lipinski definition) is 1. The average Bonchev–Trinajstić information content (AvgIpc) is 2.66. The molecule has 14 heavy (non-hydrogen) atoms. The Balaban J connectivity index is 2.27. The fraction of sp³-hybridized carbons (Fsp3) is 0.455. The van der Waals surface area contributed by atoms with E-state index in [1.807, 2.05) is 12.1 Å². The highest BCUT2D eigenvalue weighted by Gasteiger charge is 2.15. The van der Waals surface area contributed by atoms with Gasteiger partial charge in [0.1, 0.15) is 0 Å². The summed E-state index contributed by atoms with van der Waals surface area (Å²) in [5, 5.41) is 0. The van der Waals surface area contributed by atoms with Crippen LogP contribution in [0.5, 0.6) is 11.5 Å². The summed E-state index contributed by atoms with van der Waals surface area (Å²) in [4.78, 5) is 0. The van der Waals surface area contributed by atoms with Crippen LogP contribution in [0.3, 0.4) is 0 Å². The average molecular weight is 193 g/mol. The van der Waals surface area contributed by atoms with Crippen molar-refractivity contribution in [2.24, 2.45) is 5.73 Å². The molecule has 0 saturated carbocycles. The highest BCUT2D eigenvalue weighted by molar-refractivity contribution is 5.45. The van der Waals surface area contributed by atoms with Crippen LogP contribution >= 0.6 is 0 Å². The van der Waals surface area contributed by atoms with Crippen molar-refractivity contribution in [2.75, 3.05) is 13.3 Å². The maximum atomic E-state index is 5.69. The van der Waals surface area contributed by atoms with E-state index >= 15 is 0 Å². The molecule has 1 heterocycles. The number of benzene rings is 1. The molecule has 0 bridgehead atoms. The number of hydrogen-bond acceptors (Lipinski definition) is 3. The maximum absolute atomic E-state index is 5.69. The van der Waals surface area contributed by atoms with Gasteiger partial charge < -0.3 is 15.2 Å². The molecule has 0 aliphatic carbocycles. The molecule has 0 saturated heterocycles. The van der Waals surface area contributed by atoms with E-state index < -0.39 is 0 Å². The van der Waals surface area contributed by atoms with E-state index in [1.54, 1.807) is 0 Å². The quantitative estimate of drug-likeness (QED) is 0.797. The predicted octanol–water partition coefficient (Wildman–Crippen LogP) is 1.87. The Morgan fingerprint density at radius 3 is 2.86 bits per heavy atom. The second kappa shape index (κ2) is 3.88. The monoisotopic (exact) mass is 193 g/mol. The maximum Gasteiger partial charge on any atom is 0.231 e. The van der Waals surface area contributed by atoms with Crippen LogP contribution in [-0.4, -0.2) is 13.3 Å². The molecular weight excluding hydrogens is 178 g/mol. The first-order valence-electron chi connectivity index (χ1n) is 4.94. The van der Waals surface area contributed by atoms with E-state index in [0.717, 1.165) is 17.9 Å². The summed E-state index contributed by atoms with van der Waals surface area (Å²) in [6.45, 7) is 3.15. The van der Waals surface area contributed by atoms with Gasteiger partial charge in [-0.3, -0.25) is 0 Å². The third kappa shape index (κ3) is 1.55. The molecule has 3 nitrogen and oxygen atoms in total. The third-order valence-corrected chi connectivity index (χ3v) is 2.65. The molecule has 2 N–H and O–H groups in total. The first-order valence-corrected chi connectivity index (χ1v) is 4.94. The summed E-state index contributed by atoms with van der Waals surface area (Å²) in [6, 6.07) is 6.05. The summed E-state index contributed by atoms with van der Waals surface area (Å²) < 4.78 is 10.6. The number of nitrogens with two attached hydrogens (primary N) is 1. The molecular formula is C11H15NO2. The molecule has 76 valence electrons. The number of fused-ring (bicyclic) bond motifs is 1. The molecule has 1 aliphatic heterocycles. The summed E-state index contributed by atoms with van der Waals surface area (Å²) in [5.74, 6) is 2.10. The van der Waals surface area contributed by atoms with Crippen molar-refractivity contribution in [3.63, 3.8) is 0 Å². The number of ether oxygens (including phenoxy) is 2. The van der Waals surface area contributed by atoms with Crippen LogP contribution in [0.15, 0.2) is 18.2 Å². The lowest BCUT2D eigenvalue weighted by Crippen LogP contribution is -2.11. The minimum absolute atomic E-state index is 0.332. The van der Waals surface area contributed by atoms with Crippen LogP contribution in [-0.2, 0) is 0 Å². The van der Waals surface area contributed by atoms with Gasteiger partial charge in [0.05, 0.1) is 0 Å². The Morgan fingerprint density at radius 1 is 1.36 bits per heavy atom. The van der Waals surface area contributed by atoms with Gasteiger partial charge in [0, 0.05) is 0 Å². The van der Waals surface area contributed by atoms with E-state index in [4.69, 9.17) is 15.2 Å². The Hall–Kier alpha value is -1.22. The molecule has 1 aromatic carbocycles. The van der Waals surface area contributed by atoms with Gasteiger partial charge in [-0.25, -0.2) is 0 Å². The van der Waals surface area contributed by atoms with Crippen LogP contribution < -0.4 is 15.2 Å². The molecule has 2 rings (SSSR count). The Morgan fingerprint density at radius 2 is 2.14 bits per heavy atom. The van der Waals surface area contributed by atoms with Gasteiger partial charge in [-0.2, -0.15) is 0 Å².